The Bertz CT molecular complexity index is 104. The van der Waals surface area contributed by atoms with Crippen LogP contribution in [0.25, 0.3) is 0 Å². The maximum absolute atomic E-state index is 9.58. The monoisotopic (exact) mass is 157 g/mol. The van der Waals surface area contributed by atoms with E-state index >= 15 is 0 Å². The third-order valence-corrected chi connectivity index (χ3v) is 2.65. The average Bonchev–Trinajstić information content (AvgIpc) is 2.00. The van der Waals surface area contributed by atoms with Crippen LogP contribution in [-0.4, -0.2) is 22.4 Å². The van der Waals surface area contributed by atoms with Gasteiger partial charge in [-0.3, -0.25) is 0 Å². The van der Waals surface area contributed by atoms with Gasteiger partial charge in [0.25, 0.3) is 0 Å². The molecular weight excluding hydrogens is 138 g/mol. The molecule has 1 rings (SSSR count). The molecule has 1 N–H and O–H groups in total. The zero-order valence-electron chi connectivity index (χ0n) is 7.58. The second-order valence-corrected chi connectivity index (χ2v) is 3.72. The van der Waals surface area contributed by atoms with Crippen molar-refractivity contribution in [1.29, 1.82) is 0 Å². The molecule has 11 heavy (non-hydrogen) atoms. The quantitative estimate of drug-likeness (QED) is 0.583. The Hall–Kier alpha value is -0.0800. The summed E-state index contributed by atoms with van der Waals surface area (Å²) in [5.41, 5.74) is 0. The summed E-state index contributed by atoms with van der Waals surface area (Å²) < 4.78 is 0. The fourth-order valence-corrected chi connectivity index (χ4v) is 1.76. The summed E-state index contributed by atoms with van der Waals surface area (Å²) in [4.78, 5) is 0. The molecule has 0 amide bonds. The molecule has 0 spiro atoms. The SMILES string of the molecule is CC1CCCCCC(C)N1O. The molecule has 0 aromatic heterocycles. The van der Waals surface area contributed by atoms with Crippen molar-refractivity contribution in [2.24, 2.45) is 0 Å². The first-order chi connectivity index (χ1) is 5.22. The van der Waals surface area contributed by atoms with Gasteiger partial charge in [-0.25, -0.2) is 0 Å². The van der Waals surface area contributed by atoms with Gasteiger partial charge in [-0.2, -0.15) is 5.06 Å². The minimum atomic E-state index is 0.352. The van der Waals surface area contributed by atoms with E-state index in [1.54, 1.807) is 0 Å². The minimum absolute atomic E-state index is 0.352. The molecule has 0 bridgehead atoms. The van der Waals surface area contributed by atoms with Gasteiger partial charge in [0.15, 0.2) is 0 Å². The summed E-state index contributed by atoms with van der Waals surface area (Å²) in [6.45, 7) is 4.20. The topological polar surface area (TPSA) is 23.5 Å². The lowest BCUT2D eigenvalue weighted by Gasteiger charge is -2.30. The van der Waals surface area contributed by atoms with Gasteiger partial charge in [-0.1, -0.05) is 19.3 Å². The van der Waals surface area contributed by atoms with Crippen LogP contribution in [0.3, 0.4) is 0 Å². The maximum atomic E-state index is 9.58. The third kappa shape index (κ3) is 2.46. The van der Waals surface area contributed by atoms with E-state index in [1.165, 1.54) is 24.3 Å². The molecule has 2 nitrogen and oxygen atoms in total. The van der Waals surface area contributed by atoms with Gasteiger partial charge in [0.2, 0.25) is 0 Å². The minimum Gasteiger partial charge on any atom is -0.313 e. The van der Waals surface area contributed by atoms with Crippen molar-refractivity contribution in [3.05, 3.63) is 0 Å². The average molecular weight is 157 g/mol. The molecule has 0 saturated carbocycles. The first-order valence-electron chi connectivity index (χ1n) is 4.69. The van der Waals surface area contributed by atoms with Crippen LogP contribution in [0, 0.1) is 0 Å². The van der Waals surface area contributed by atoms with Gasteiger partial charge < -0.3 is 5.21 Å². The van der Waals surface area contributed by atoms with E-state index in [1.807, 2.05) is 0 Å². The smallest absolute Gasteiger partial charge is 0.0325 e. The Morgan fingerprint density at radius 1 is 1.00 bits per heavy atom. The van der Waals surface area contributed by atoms with Gasteiger partial charge in [-0.05, 0) is 26.7 Å². The largest absolute Gasteiger partial charge is 0.313 e. The molecular formula is C9H19NO. The fourth-order valence-electron chi connectivity index (χ4n) is 1.76. The second kappa shape index (κ2) is 4.07. The van der Waals surface area contributed by atoms with Crippen molar-refractivity contribution in [2.45, 2.75) is 58.0 Å². The second-order valence-electron chi connectivity index (χ2n) is 3.72. The summed E-state index contributed by atoms with van der Waals surface area (Å²) in [7, 11) is 0. The summed E-state index contributed by atoms with van der Waals surface area (Å²) in [5.74, 6) is 0. The molecule has 1 fully saturated rings. The molecule has 0 aromatic rings. The Kier molecular flexibility index (Phi) is 3.34. The molecule has 1 saturated heterocycles. The Labute approximate surface area is 69.2 Å². The van der Waals surface area contributed by atoms with Gasteiger partial charge in [0.05, 0.1) is 0 Å². The van der Waals surface area contributed by atoms with E-state index in [0.717, 1.165) is 12.8 Å². The van der Waals surface area contributed by atoms with Crippen molar-refractivity contribution in [3.8, 4) is 0 Å². The highest BCUT2D eigenvalue weighted by atomic mass is 16.5. The van der Waals surface area contributed by atoms with Crippen LogP contribution in [-0.2, 0) is 0 Å². The molecule has 66 valence electrons. The standard InChI is InChI=1S/C9H19NO/c1-8-6-4-3-5-7-9(2)10(8)11/h8-9,11H,3-7H2,1-2H3. The summed E-state index contributed by atoms with van der Waals surface area (Å²) >= 11 is 0. The highest BCUT2D eigenvalue weighted by Gasteiger charge is 2.19. The normalized spacial score (nSPS) is 36.3. The summed E-state index contributed by atoms with van der Waals surface area (Å²) in [6.07, 6.45) is 6.15. The van der Waals surface area contributed by atoms with Crippen molar-refractivity contribution in [1.82, 2.24) is 5.06 Å². The zero-order chi connectivity index (χ0) is 8.27. The van der Waals surface area contributed by atoms with Crippen LogP contribution in [0.15, 0.2) is 0 Å². The molecule has 1 aliphatic rings. The van der Waals surface area contributed by atoms with Crippen LogP contribution in [0.2, 0.25) is 0 Å². The van der Waals surface area contributed by atoms with E-state index < -0.39 is 0 Å². The van der Waals surface area contributed by atoms with Crippen LogP contribution in [0.1, 0.15) is 46.0 Å². The molecule has 0 radical (unpaired) electrons. The molecule has 2 unspecified atom stereocenters. The lowest BCUT2D eigenvalue weighted by molar-refractivity contribution is -0.157. The Balaban J connectivity index is 2.42. The van der Waals surface area contributed by atoms with Gasteiger partial charge >= 0.3 is 0 Å². The van der Waals surface area contributed by atoms with Crippen molar-refractivity contribution < 1.29 is 5.21 Å². The Morgan fingerprint density at radius 3 is 1.91 bits per heavy atom. The molecule has 2 heteroatoms. The lowest BCUT2D eigenvalue weighted by Crippen LogP contribution is -2.38. The zero-order valence-corrected chi connectivity index (χ0v) is 7.58. The van der Waals surface area contributed by atoms with Crippen molar-refractivity contribution >= 4 is 0 Å². The predicted octanol–water partition coefficient (Wildman–Crippen LogP) is 2.42. The van der Waals surface area contributed by atoms with E-state index in [0.29, 0.717) is 12.1 Å². The lowest BCUT2D eigenvalue weighted by atomic mass is 10.0. The first kappa shape index (κ1) is 9.01. The molecule has 2 atom stereocenters. The van der Waals surface area contributed by atoms with Crippen molar-refractivity contribution in [2.75, 3.05) is 0 Å². The third-order valence-electron chi connectivity index (χ3n) is 2.65. The predicted molar refractivity (Wildman–Crippen MR) is 45.6 cm³/mol. The fraction of sp³-hybridized carbons (Fsp3) is 1.00. The summed E-state index contributed by atoms with van der Waals surface area (Å²) in [6, 6.07) is 0.704. The van der Waals surface area contributed by atoms with Crippen LogP contribution < -0.4 is 0 Å². The first-order valence-corrected chi connectivity index (χ1v) is 4.69. The van der Waals surface area contributed by atoms with Gasteiger partial charge in [0, 0.05) is 12.1 Å². The van der Waals surface area contributed by atoms with Crippen LogP contribution in [0.5, 0.6) is 0 Å². The van der Waals surface area contributed by atoms with E-state index in [4.69, 9.17) is 0 Å². The highest BCUT2D eigenvalue weighted by Crippen LogP contribution is 2.18. The number of nitrogens with zero attached hydrogens (tertiary/aromatic N) is 1. The number of hydrogen-bond acceptors (Lipinski definition) is 2. The molecule has 1 heterocycles. The van der Waals surface area contributed by atoms with E-state index in [2.05, 4.69) is 13.8 Å². The van der Waals surface area contributed by atoms with E-state index in [-0.39, 0.29) is 0 Å². The van der Waals surface area contributed by atoms with E-state index in [9.17, 15) is 5.21 Å². The van der Waals surface area contributed by atoms with Gasteiger partial charge in [0.1, 0.15) is 0 Å². The maximum Gasteiger partial charge on any atom is 0.0325 e. The molecule has 1 aliphatic heterocycles. The van der Waals surface area contributed by atoms with Gasteiger partial charge in [-0.15, -0.1) is 0 Å². The number of hydroxylamine groups is 2. The Morgan fingerprint density at radius 2 is 1.45 bits per heavy atom. The number of rotatable bonds is 0. The van der Waals surface area contributed by atoms with Crippen molar-refractivity contribution in [3.63, 3.8) is 0 Å². The van der Waals surface area contributed by atoms with Crippen LogP contribution >= 0.6 is 0 Å². The number of hydrogen-bond donors (Lipinski definition) is 1. The molecule has 0 aliphatic carbocycles. The van der Waals surface area contributed by atoms with Crippen LogP contribution in [0.4, 0.5) is 0 Å². The molecule has 0 aromatic carbocycles. The summed E-state index contributed by atoms with van der Waals surface area (Å²) in [5, 5.41) is 11.1. The highest BCUT2D eigenvalue weighted by molar-refractivity contribution is 4.69.